The zero-order valence-corrected chi connectivity index (χ0v) is 11.0. The third-order valence-corrected chi connectivity index (χ3v) is 4.13. The van der Waals surface area contributed by atoms with Gasteiger partial charge in [0.1, 0.15) is 5.82 Å². The number of hydrogen-bond donors (Lipinski definition) is 0. The fourth-order valence-corrected chi connectivity index (χ4v) is 3.22. The minimum atomic E-state index is 0.415. The summed E-state index contributed by atoms with van der Waals surface area (Å²) in [5, 5.41) is 0.415. The molecule has 1 fully saturated rings. The number of anilines is 1. The van der Waals surface area contributed by atoms with E-state index in [1.54, 1.807) is 0 Å². The summed E-state index contributed by atoms with van der Waals surface area (Å²) in [5.74, 6) is 1.12. The van der Waals surface area contributed by atoms with Gasteiger partial charge in [-0.3, -0.25) is 0 Å². The Morgan fingerprint density at radius 2 is 2.06 bits per heavy atom. The van der Waals surface area contributed by atoms with Gasteiger partial charge in [0.15, 0.2) is 0 Å². The Hall–Kier alpha value is -0.830. The molecule has 1 aliphatic heterocycles. The Morgan fingerprint density at radius 1 is 1.18 bits per heavy atom. The summed E-state index contributed by atoms with van der Waals surface area (Å²) in [4.78, 5) is 11.3. The zero-order chi connectivity index (χ0) is 11.8. The Balaban J connectivity index is 2.01. The molecular weight excluding hydrogens is 234 g/mol. The molecule has 1 aromatic heterocycles. The average Bonchev–Trinajstić information content (AvgIpc) is 2.76. The molecule has 0 saturated carbocycles. The lowest BCUT2D eigenvalue weighted by atomic mass is 10.0. The van der Waals surface area contributed by atoms with E-state index in [4.69, 9.17) is 11.6 Å². The lowest BCUT2D eigenvalue weighted by molar-refractivity contribution is 0.480. The van der Waals surface area contributed by atoms with Crippen LogP contribution in [-0.4, -0.2) is 22.6 Å². The number of piperidine rings is 1. The SMILES string of the molecule is C[C@H]1CCCCN1c1nc(Cl)nc2c1CCC2. The average molecular weight is 252 g/mol. The van der Waals surface area contributed by atoms with Crippen molar-refractivity contribution < 1.29 is 0 Å². The van der Waals surface area contributed by atoms with Gasteiger partial charge in [0, 0.05) is 18.2 Å². The van der Waals surface area contributed by atoms with E-state index >= 15 is 0 Å². The van der Waals surface area contributed by atoms with Crippen LogP contribution in [0.1, 0.15) is 43.9 Å². The van der Waals surface area contributed by atoms with Crippen molar-refractivity contribution in [3.05, 3.63) is 16.5 Å². The highest BCUT2D eigenvalue weighted by Gasteiger charge is 2.26. The third kappa shape index (κ3) is 2.01. The monoisotopic (exact) mass is 251 g/mol. The van der Waals surface area contributed by atoms with E-state index in [2.05, 4.69) is 21.8 Å². The Labute approximate surface area is 107 Å². The molecule has 1 atom stereocenters. The van der Waals surface area contributed by atoms with Crippen molar-refractivity contribution in [3.8, 4) is 0 Å². The summed E-state index contributed by atoms with van der Waals surface area (Å²) in [6.45, 7) is 3.40. The molecule has 1 aliphatic carbocycles. The number of fused-ring (bicyclic) bond motifs is 1. The maximum Gasteiger partial charge on any atom is 0.224 e. The summed E-state index contributed by atoms with van der Waals surface area (Å²) >= 11 is 6.05. The molecule has 2 heterocycles. The van der Waals surface area contributed by atoms with E-state index in [1.807, 2.05) is 0 Å². The van der Waals surface area contributed by atoms with Gasteiger partial charge in [0.25, 0.3) is 0 Å². The van der Waals surface area contributed by atoms with Crippen LogP contribution in [-0.2, 0) is 12.8 Å². The highest BCUT2D eigenvalue weighted by atomic mass is 35.5. The molecule has 1 saturated heterocycles. The van der Waals surface area contributed by atoms with E-state index < -0.39 is 0 Å². The van der Waals surface area contributed by atoms with Crippen molar-refractivity contribution in [1.82, 2.24) is 9.97 Å². The first-order valence-corrected chi connectivity index (χ1v) is 6.95. The maximum atomic E-state index is 6.05. The van der Waals surface area contributed by atoms with Crippen LogP contribution < -0.4 is 4.90 Å². The fourth-order valence-electron chi connectivity index (χ4n) is 3.03. The molecule has 92 valence electrons. The number of halogens is 1. The van der Waals surface area contributed by atoms with Gasteiger partial charge in [-0.1, -0.05) is 0 Å². The van der Waals surface area contributed by atoms with Gasteiger partial charge in [-0.2, -0.15) is 0 Å². The second-order valence-corrected chi connectivity index (χ2v) is 5.47. The van der Waals surface area contributed by atoms with Gasteiger partial charge in [0.2, 0.25) is 5.28 Å². The number of rotatable bonds is 1. The molecular formula is C13H18ClN3. The summed E-state index contributed by atoms with van der Waals surface area (Å²) in [6.07, 6.45) is 7.23. The quantitative estimate of drug-likeness (QED) is 0.719. The zero-order valence-electron chi connectivity index (χ0n) is 10.2. The predicted molar refractivity (Wildman–Crippen MR) is 69.7 cm³/mol. The Kier molecular flexibility index (Phi) is 2.95. The minimum absolute atomic E-state index is 0.415. The highest BCUT2D eigenvalue weighted by molar-refractivity contribution is 6.28. The molecule has 17 heavy (non-hydrogen) atoms. The van der Waals surface area contributed by atoms with E-state index in [1.165, 1.54) is 36.9 Å². The van der Waals surface area contributed by atoms with Crippen LogP contribution in [0.4, 0.5) is 5.82 Å². The van der Waals surface area contributed by atoms with E-state index in [0.29, 0.717) is 11.3 Å². The molecule has 3 rings (SSSR count). The molecule has 0 unspecified atom stereocenters. The van der Waals surface area contributed by atoms with Crippen LogP contribution in [0.2, 0.25) is 5.28 Å². The molecule has 1 aromatic rings. The predicted octanol–water partition coefficient (Wildman–Crippen LogP) is 3.00. The largest absolute Gasteiger partial charge is 0.354 e. The molecule has 4 heteroatoms. The van der Waals surface area contributed by atoms with Crippen molar-refractivity contribution >= 4 is 17.4 Å². The van der Waals surface area contributed by atoms with E-state index in [-0.39, 0.29) is 0 Å². The molecule has 0 N–H and O–H groups in total. The van der Waals surface area contributed by atoms with Gasteiger partial charge in [-0.05, 0) is 57.0 Å². The van der Waals surface area contributed by atoms with Gasteiger partial charge in [0.05, 0.1) is 5.69 Å². The van der Waals surface area contributed by atoms with Crippen molar-refractivity contribution in [2.75, 3.05) is 11.4 Å². The third-order valence-electron chi connectivity index (χ3n) is 3.96. The highest BCUT2D eigenvalue weighted by Crippen LogP contribution is 2.33. The summed E-state index contributed by atoms with van der Waals surface area (Å²) in [6, 6.07) is 0.583. The number of aromatic nitrogens is 2. The second kappa shape index (κ2) is 4.45. The maximum absolute atomic E-state index is 6.05. The number of nitrogens with zero attached hydrogens (tertiary/aromatic N) is 3. The molecule has 0 aromatic carbocycles. The molecule has 0 spiro atoms. The fraction of sp³-hybridized carbons (Fsp3) is 0.692. The van der Waals surface area contributed by atoms with Crippen molar-refractivity contribution in [2.45, 2.75) is 51.5 Å². The normalized spacial score (nSPS) is 23.9. The lowest BCUT2D eigenvalue weighted by Gasteiger charge is -2.35. The van der Waals surface area contributed by atoms with Crippen LogP contribution in [0.15, 0.2) is 0 Å². The van der Waals surface area contributed by atoms with Crippen molar-refractivity contribution in [2.24, 2.45) is 0 Å². The Morgan fingerprint density at radius 3 is 2.88 bits per heavy atom. The molecule has 0 bridgehead atoms. The molecule has 0 amide bonds. The summed E-state index contributed by atoms with van der Waals surface area (Å²) in [7, 11) is 0. The second-order valence-electron chi connectivity index (χ2n) is 5.13. The van der Waals surface area contributed by atoms with Crippen LogP contribution >= 0.6 is 11.6 Å². The standard InChI is InChI=1S/C13H18ClN3/c1-9-5-2-3-8-17(9)12-10-6-4-7-11(10)15-13(14)16-12/h9H,2-8H2,1H3/t9-/m0/s1. The van der Waals surface area contributed by atoms with Crippen molar-refractivity contribution in [3.63, 3.8) is 0 Å². The van der Waals surface area contributed by atoms with Crippen molar-refractivity contribution in [1.29, 1.82) is 0 Å². The van der Waals surface area contributed by atoms with E-state index in [0.717, 1.165) is 25.2 Å². The summed E-state index contributed by atoms with van der Waals surface area (Å²) in [5.41, 5.74) is 2.53. The van der Waals surface area contributed by atoms with Gasteiger partial charge < -0.3 is 4.90 Å². The first-order chi connectivity index (χ1) is 8.25. The Bertz CT molecular complexity index is 433. The van der Waals surface area contributed by atoms with Crippen LogP contribution in [0.3, 0.4) is 0 Å². The lowest BCUT2D eigenvalue weighted by Crippen LogP contribution is -2.38. The van der Waals surface area contributed by atoms with Gasteiger partial charge >= 0.3 is 0 Å². The smallest absolute Gasteiger partial charge is 0.224 e. The molecule has 2 aliphatic rings. The first kappa shape index (κ1) is 11.3. The molecule has 0 radical (unpaired) electrons. The molecule has 3 nitrogen and oxygen atoms in total. The first-order valence-electron chi connectivity index (χ1n) is 6.57. The van der Waals surface area contributed by atoms with Gasteiger partial charge in [-0.15, -0.1) is 0 Å². The van der Waals surface area contributed by atoms with Crippen LogP contribution in [0, 0.1) is 0 Å². The van der Waals surface area contributed by atoms with Crippen LogP contribution in [0.25, 0.3) is 0 Å². The number of aryl methyl sites for hydroxylation is 1. The van der Waals surface area contributed by atoms with Gasteiger partial charge in [-0.25, -0.2) is 9.97 Å². The van der Waals surface area contributed by atoms with E-state index in [9.17, 15) is 0 Å². The van der Waals surface area contributed by atoms with Crippen LogP contribution in [0.5, 0.6) is 0 Å². The topological polar surface area (TPSA) is 29.0 Å². The number of hydrogen-bond acceptors (Lipinski definition) is 3. The summed E-state index contributed by atoms with van der Waals surface area (Å²) < 4.78 is 0. The minimum Gasteiger partial charge on any atom is -0.354 e.